The van der Waals surface area contributed by atoms with E-state index in [1.165, 1.54) is 0 Å². The molecule has 0 aliphatic heterocycles. The van der Waals surface area contributed by atoms with Gasteiger partial charge in [0.25, 0.3) is 0 Å². The van der Waals surface area contributed by atoms with Crippen LogP contribution < -0.4 is 10.6 Å². The van der Waals surface area contributed by atoms with Gasteiger partial charge in [0, 0.05) is 13.1 Å². The lowest BCUT2D eigenvalue weighted by molar-refractivity contribution is 0.683. The van der Waals surface area contributed by atoms with Crippen molar-refractivity contribution in [2.45, 2.75) is 27.7 Å². The van der Waals surface area contributed by atoms with Gasteiger partial charge in [0.1, 0.15) is 5.82 Å². The topological polar surface area (TPSA) is 62.7 Å². The average molecular weight is 209 g/mol. The van der Waals surface area contributed by atoms with E-state index in [0.29, 0.717) is 17.8 Å². The van der Waals surface area contributed by atoms with Crippen molar-refractivity contribution < 1.29 is 0 Å². The first-order valence-electron chi connectivity index (χ1n) is 5.32. The van der Waals surface area contributed by atoms with E-state index in [1.807, 2.05) is 13.8 Å². The molecule has 0 saturated heterocycles. The molecule has 5 heteroatoms. The highest BCUT2D eigenvalue weighted by Gasteiger charge is 2.02. The molecule has 1 heterocycles. The molecule has 0 aromatic carbocycles. The fourth-order valence-electron chi connectivity index (χ4n) is 1.09. The first-order chi connectivity index (χ1) is 7.11. The number of hydrogen-bond acceptors (Lipinski definition) is 5. The van der Waals surface area contributed by atoms with Crippen LogP contribution in [0.5, 0.6) is 0 Å². The minimum absolute atomic E-state index is 0.574. The van der Waals surface area contributed by atoms with E-state index in [9.17, 15) is 0 Å². The first kappa shape index (κ1) is 11.7. The Morgan fingerprint density at radius 1 is 1.07 bits per heavy atom. The van der Waals surface area contributed by atoms with Gasteiger partial charge in [0.15, 0.2) is 0 Å². The van der Waals surface area contributed by atoms with Crippen molar-refractivity contribution in [3.8, 4) is 0 Å². The molecule has 0 atom stereocenters. The second-order valence-corrected chi connectivity index (χ2v) is 3.83. The molecule has 0 radical (unpaired) electrons. The number of aryl methyl sites for hydroxylation is 1. The third kappa shape index (κ3) is 4.10. The largest absolute Gasteiger partial charge is 0.354 e. The molecule has 0 amide bonds. The average Bonchev–Trinajstić information content (AvgIpc) is 2.14. The predicted molar refractivity (Wildman–Crippen MR) is 62.1 cm³/mol. The van der Waals surface area contributed by atoms with Crippen molar-refractivity contribution in [1.29, 1.82) is 0 Å². The van der Waals surface area contributed by atoms with Gasteiger partial charge in [-0.25, -0.2) is 0 Å². The molecule has 0 saturated carbocycles. The minimum Gasteiger partial charge on any atom is -0.354 e. The fourth-order valence-corrected chi connectivity index (χ4v) is 1.09. The van der Waals surface area contributed by atoms with Crippen LogP contribution in [0.1, 0.15) is 26.6 Å². The van der Waals surface area contributed by atoms with Gasteiger partial charge in [0.2, 0.25) is 11.9 Å². The maximum atomic E-state index is 4.25. The minimum atomic E-state index is 0.574. The normalized spacial score (nSPS) is 10.5. The summed E-state index contributed by atoms with van der Waals surface area (Å²) in [6.07, 6.45) is 0. The van der Waals surface area contributed by atoms with E-state index in [4.69, 9.17) is 0 Å². The zero-order valence-corrected chi connectivity index (χ0v) is 9.83. The molecule has 84 valence electrons. The van der Waals surface area contributed by atoms with Gasteiger partial charge in [-0.2, -0.15) is 15.0 Å². The van der Waals surface area contributed by atoms with Crippen LogP contribution >= 0.6 is 0 Å². The van der Waals surface area contributed by atoms with Crippen molar-refractivity contribution in [2.24, 2.45) is 5.92 Å². The molecule has 0 aliphatic carbocycles. The zero-order valence-electron chi connectivity index (χ0n) is 9.83. The third-order valence-electron chi connectivity index (χ3n) is 1.75. The molecule has 15 heavy (non-hydrogen) atoms. The lowest BCUT2D eigenvalue weighted by Gasteiger charge is -2.09. The summed E-state index contributed by atoms with van der Waals surface area (Å²) in [6, 6.07) is 0. The Kier molecular flexibility index (Phi) is 4.27. The summed E-state index contributed by atoms with van der Waals surface area (Å²) in [5, 5.41) is 6.26. The van der Waals surface area contributed by atoms with Crippen molar-refractivity contribution >= 4 is 11.9 Å². The summed E-state index contributed by atoms with van der Waals surface area (Å²) in [6.45, 7) is 9.85. The van der Waals surface area contributed by atoms with Crippen LogP contribution in [0, 0.1) is 12.8 Å². The van der Waals surface area contributed by atoms with Crippen molar-refractivity contribution in [1.82, 2.24) is 15.0 Å². The number of anilines is 2. The maximum Gasteiger partial charge on any atom is 0.227 e. The number of rotatable bonds is 5. The van der Waals surface area contributed by atoms with Crippen LogP contribution in [0.4, 0.5) is 11.9 Å². The summed E-state index contributed by atoms with van der Waals surface area (Å²) in [7, 11) is 0. The van der Waals surface area contributed by atoms with Crippen LogP contribution in [-0.4, -0.2) is 28.0 Å². The number of aromatic nitrogens is 3. The Balaban J connectivity index is 2.70. The van der Waals surface area contributed by atoms with Gasteiger partial charge in [-0.3, -0.25) is 0 Å². The van der Waals surface area contributed by atoms with E-state index in [2.05, 4.69) is 39.4 Å². The molecule has 2 N–H and O–H groups in total. The lowest BCUT2D eigenvalue weighted by Crippen LogP contribution is -2.13. The highest BCUT2D eigenvalue weighted by molar-refractivity contribution is 5.34. The number of hydrogen-bond donors (Lipinski definition) is 2. The lowest BCUT2D eigenvalue weighted by atomic mass is 10.2. The maximum absolute atomic E-state index is 4.25. The van der Waals surface area contributed by atoms with Gasteiger partial charge in [-0.15, -0.1) is 0 Å². The fraction of sp³-hybridized carbons (Fsp3) is 0.700. The highest BCUT2D eigenvalue weighted by atomic mass is 15.2. The van der Waals surface area contributed by atoms with Crippen molar-refractivity contribution in [2.75, 3.05) is 23.7 Å². The number of nitrogens with zero attached hydrogens (tertiary/aromatic N) is 3. The van der Waals surface area contributed by atoms with Crippen LogP contribution in [-0.2, 0) is 0 Å². The summed E-state index contributed by atoms with van der Waals surface area (Å²) in [5.41, 5.74) is 0. The molecule has 0 unspecified atom stereocenters. The summed E-state index contributed by atoms with van der Waals surface area (Å²) in [4.78, 5) is 12.6. The van der Waals surface area contributed by atoms with Crippen LogP contribution in [0.2, 0.25) is 0 Å². The highest BCUT2D eigenvalue weighted by Crippen LogP contribution is 2.05. The van der Waals surface area contributed by atoms with Crippen LogP contribution in [0.25, 0.3) is 0 Å². The zero-order chi connectivity index (χ0) is 11.3. The predicted octanol–water partition coefficient (Wildman–Crippen LogP) is 1.68. The Hall–Kier alpha value is -1.39. The number of nitrogens with one attached hydrogen (secondary N) is 2. The third-order valence-corrected chi connectivity index (χ3v) is 1.75. The SMILES string of the molecule is CCNc1nc(C)nc(NCC(C)C)n1. The summed E-state index contributed by atoms with van der Waals surface area (Å²) in [5.74, 6) is 2.58. The summed E-state index contributed by atoms with van der Waals surface area (Å²) >= 11 is 0. The molecule has 0 fully saturated rings. The Bertz CT molecular complexity index is 311. The van der Waals surface area contributed by atoms with Crippen molar-refractivity contribution in [3.05, 3.63) is 5.82 Å². The molecule has 1 aromatic rings. The standard InChI is InChI=1S/C10H19N5/c1-5-11-9-13-8(4)14-10(15-9)12-6-7(2)3/h7H,5-6H2,1-4H3,(H2,11,12,13,14,15). The molecular formula is C10H19N5. The van der Waals surface area contributed by atoms with Gasteiger partial charge >= 0.3 is 0 Å². The monoisotopic (exact) mass is 209 g/mol. The van der Waals surface area contributed by atoms with Gasteiger partial charge in [-0.05, 0) is 19.8 Å². The molecule has 0 aliphatic rings. The van der Waals surface area contributed by atoms with E-state index in [0.717, 1.165) is 18.9 Å². The van der Waals surface area contributed by atoms with Gasteiger partial charge < -0.3 is 10.6 Å². The van der Waals surface area contributed by atoms with E-state index >= 15 is 0 Å². The first-order valence-corrected chi connectivity index (χ1v) is 5.32. The Labute approximate surface area is 90.7 Å². The molecule has 0 bridgehead atoms. The Morgan fingerprint density at radius 3 is 2.20 bits per heavy atom. The van der Waals surface area contributed by atoms with E-state index in [-0.39, 0.29) is 0 Å². The summed E-state index contributed by atoms with van der Waals surface area (Å²) < 4.78 is 0. The Morgan fingerprint density at radius 2 is 1.67 bits per heavy atom. The molecular weight excluding hydrogens is 190 g/mol. The second-order valence-electron chi connectivity index (χ2n) is 3.83. The van der Waals surface area contributed by atoms with Crippen molar-refractivity contribution in [3.63, 3.8) is 0 Å². The van der Waals surface area contributed by atoms with Crippen LogP contribution in [0.3, 0.4) is 0 Å². The quantitative estimate of drug-likeness (QED) is 0.772. The molecule has 1 rings (SSSR count). The van der Waals surface area contributed by atoms with Crippen LogP contribution in [0.15, 0.2) is 0 Å². The molecule has 5 nitrogen and oxygen atoms in total. The van der Waals surface area contributed by atoms with Gasteiger partial charge in [0.05, 0.1) is 0 Å². The molecule has 1 aromatic heterocycles. The molecule has 0 spiro atoms. The van der Waals surface area contributed by atoms with Gasteiger partial charge in [-0.1, -0.05) is 13.8 Å². The van der Waals surface area contributed by atoms with E-state index in [1.54, 1.807) is 0 Å². The smallest absolute Gasteiger partial charge is 0.227 e. The second kappa shape index (κ2) is 5.48. The van der Waals surface area contributed by atoms with E-state index < -0.39 is 0 Å².